The van der Waals surface area contributed by atoms with Gasteiger partial charge in [0.15, 0.2) is 0 Å². The molecular formula is C44H73N13O13. The van der Waals surface area contributed by atoms with Crippen molar-refractivity contribution in [2.24, 2.45) is 29.2 Å². The highest BCUT2D eigenvalue weighted by Crippen LogP contribution is 2.18. The van der Waals surface area contributed by atoms with Crippen LogP contribution < -0.4 is 54.0 Å². The fraction of sp³-hybridized carbons (Fsp3) is 0.682. The Labute approximate surface area is 406 Å². The third kappa shape index (κ3) is 20.5. The maximum Gasteiger partial charge on any atom is 0.325 e. The van der Waals surface area contributed by atoms with Gasteiger partial charge in [-0.05, 0) is 63.7 Å². The summed E-state index contributed by atoms with van der Waals surface area (Å²) >= 11 is 0. The van der Waals surface area contributed by atoms with Crippen molar-refractivity contribution in [3.8, 4) is 0 Å². The van der Waals surface area contributed by atoms with E-state index in [1.165, 1.54) is 24.3 Å². The molecule has 10 amide bonds. The van der Waals surface area contributed by atoms with Crippen LogP contribution in [0.25, 0.3) is 0 Å². The molecule has 0 spiro atoms. The number of carboxylic acids is 1. The third-order valence-corrected chi connectivity index (χ3v) is 10.9. The molecule has 2 heterocycles. The predicted molar refractivity (Wildman–Crippen MR) is 250 cm³/mol. The Morgan fingerprint density at radius 3 is 1.80 bits per heavy atom. The van der Waals surface area contributed by atoms with Crippen molar-refractivity contribution in [3.05, 3.63) is 18.2 Å². The number of primary amides is 1. The number of imidazole rings is 1. The molecule has 15 N–H and O–H groups in total. The van der Waals surface area contributed by atoms with Crippen LogP contribution in [0.4, 0.5) is 0 Å². The summed E-state index contributed by atoms with van der Waals surface area (Å²) in [6.07, 6.45) is 1.39. The molecule has 1 aliphatic rings. The third-order valence-electron chi connectivity index (χ3n) is 10.9. The van der Waals surface area contributed by atoms with Crippen molar-refractivity contribution in [1.82, 2.24) is 57.4 Å². The number of aliphatic hydroxyl groups excluding tert-OH is 1. The summed E-state index contributed by atoms with van der Waals surface area (Å²) < 4.78 is 0. The van der Waals surface area contributed by atoms with E-state index < -0.39 is 139 Å². The number of aromatic nitrogens is 2. The number of likely N-dealkylation sites (tertiary alicyclic amines) is 1. The maximum atomic E-state index is 13.7. The van der Waals surface area contributed by atoms with Crippen molar-refractivity contribution >= 4 is 65.0 Å². The zero-order valence-electron chi connectivity index (χ0n) is 41.1. The molecule has 70 heavy (non-hydrogen) atoms. The Hall–Kier alpha value is -6.70. The van der Waals surface area contributed by atoms with E-state index in [1.54, 1.807) is 13.8 Å². The van der Waals surface area contributed by atoms with Crippen LogP contribution in [0.15, 0.2) is 12.5 Å². The monoisotopic (exact) mass is 992 g/mol. The Bertz CT molecular complexity index is 2000. The normalized spacial score (nSPS) is 16.9. The summed E-state index contributed by atoms with van der Waals surface area (Å²) in [6, 6.07) is -10.5. The minimum Gasteiger partial charge on any atom is -0.480 e. The molecule has 0 aromatic carbocycles. The second kappa shape index (κ2) is 28.7. The van der Waals surface area contributed by atoms with E-state index in [4.69, 9.17) is 11.5 Å². The number of hydrogen-bond donors (Lipinski definition) is 13. The highest BCUT2D eigenvalue weighted by molar-refractivity contribution is 5.98. The van der Waals surface area contributed by atoms with Crippen LogP contribution in [0.1, 0.15) is 99.6 Å². The first-order chi connectivity index (χ1) is 32.7. The smallest absolute Gasteiger partial charge is 0.325 e. The summed E-state index contributed by atoms with van der Waals surface area (Å²) in [6.45, 7) is 12.5. The number of aliphatic hydroxyl groups is 1. The molecule has 392 valence electrons. The SMILES string of the molecule is CC(C)C[C@H](NC(=O)CNC(=O)[C@@H]1CCCN1C(=O)CNC(=O)[C@H](CC(C)C)NC(=O)[C@@H](N)CC(C)C)C(=O)N[C@H](C(=O)N[C@@H](CC(N)=O)C(=O)N[C@@H](Cc1cnc[nH]1)C(=O)N[C@@H](C)C(=O)O)[C@@H](C)O. The Kier molecular flexibility index (Phi) is 24.4. The van der Waals surface area contributed by atoms with Crippen LogP contribution in [0.3, 0.4) is 0 Å². The van der Waals surface area contributed by atoms with Gasteiger partial charge in [0.2, 0.25) is 59.1 Å². The molecule has 26 heteroatoms. The lowest BCUT2D eigenvalue weighted by Gasteiger charge is -2.28. The summed E-state index contributed by atoms with van der Waals surface area (Å²) in [7, 11) is 0. The van der Waals surface area contributed by atoms with Gasteiger partial charge in [-0.25, -0.2) is 4.98 Å². The molecule has 1 aromatic rings. The van der Waals surface area contributed by atoms with Crippen LogP contribution in [0.5, 0.6) is 0 Å². The molecule has 0 radical (unpaired) electrons. The van der Waals surface area contributed by atoms with Crippen molar-refractivity contribution in [3.63, 3.8) is 0 Å². The number of carbonyl (C=O) groups is 11. The zero-order valence-corrected chi connectivity index (χ0v) is 41.1. The average molecular weight is 992 g/mol. The fourth-order valence-electron chi connectivity index (χ4n) is 7.36. The number of amides is 10. The second-order valence-corrected chi connectivity index (χ2v) is 18.7. The number of nitrogens with two attached hydrogens (primary N) is 2. The van der Waals surface area contributed by atoms with Gasteiger partial charge in [-0.15, -0.1) is 0 Å². The first kappa shape index (κ1) is 59.4. The minimum absolute atomic E-state index is 0.00966. The van der Waals surface area contributed by atoms with E-state index in [-0.39, 0.29) is 50.0 Å². The van der Waals surface area contributed by atoms with Gasteiger partial charge in [0, 0.05) is 24.9 Å². The van der Waals surface area contributed by atoms with Gasteiger partial charge >= 0.3 is 5.97 Å². The van der Waals surface area contributed by atoms with Crippen LogP contribution in [0.2, 0.25) is 0 Å². The number of carbonyl (C=O) groups excluding carboxylic acids is 10. The molecule has 0 aliphatic carbocycles. The lowest BCUT2D eigenvalue weighted by Crippen LogP contribution is -2.61. The molecule has 9 atom stereocenters. The first-order valence-electron chi connectivity index (χ1n) is 23.3. The van der Waals surface area contributed by atoms with E-state index in [0.717, 1.165) is 6.92 Å². The van der Waals surface area contributed by atoms with Crippen molar-refractivity contribution in [2.45, 2.75) is 155 Å². The Balaban J connectivity index is 2.11. The first-order valence-corrected chi connectivity index (χ1v) is 23.3. The molecule has 0 unspecified atom stereocenters. The van der Waals surface area contributed by atoms with E-state index in [2.05, 4.69) is 52.5 Å². The van der Waals surface area contributed by atoms with Gasteiger partial charge in [0.1, 0.15) is 42.3 Å². The number of hydrogen-bond acceptors (Lipinski definition) is 14. The molecular weight excluding hydrogens is 919 g/mol. The van der Waals surface area contributed by atoms with E-state index in [1.807, 2.05) is 27.7 Å². The summed E-state index contributed by atoms with van der Waals surface area (Å²) in [5.41, 5.74) is 11.7. The molecule has 1 fully saturated rings. The standard InChI is InChI=1S/C44H73N13O13/c1-21(2)12-27(45)37(62)53-28(13-22(3)4)38(63)49-19-35(61)57-11-9-10-32(57)42(67)48-18-34(60)52-29(14-23(5)6)41(66)56-36(25(8)58)43(68)55-31(16-33(46)59)40(65)54-30(15-26-17-47-20-50-26)39(64)51-24(7)44(69)70/h17,20-25,27-32,36,58H,9-16,18-19,45H2,1-8H3,(H2,46,59)(H,47,50)(H,48,67)(H,49,63)(H,51,64)(H,52,60)(H,53,62)(H,54,65)(H,55,68)(H,56,66)(H,69,70)/t24-,25+,27-,28-,29-,30-,31-,32-,36-/m0/s1. The fourth-order valence-corrected chi connectivity index (χ4v) is 7.36. The highest BCUT2D eigenvalue weighted by atomic mass is 16.4. The molecule has 1 aromatic heterocycles. The van der Waals surface area contributed by atoms with Crippen LogP contribution in [-0.2, 0) is 59.2 Å². The van der Waals surface area contributed by atoms with Crippen molar-refractivity contribution < 1.29 is 63.0 Å². The number of nitrogens with zero attached hydrogens (tertiary/aromatic N) is 2. The molecule has 1 aliphatic heterocycles. The van der Waals surface area contributed by atoms with E-state index in [0.29, 0.717) is 18.5 Å². The number of rotatable bonds is 29. The highest BCUT2D eigenvalue weighted by Gasteiger charge is 2.37. The lowest BCUT2D eigenvalue weighted by molar-refractivity contribution is -0.142. The van der Waals surface area contributed by atoms with Crippen molar-refractivity contribution in [2.75, 3.05) is 19.6 Å². The van der Waals surface area contributed by atoms with Crippen LogP contribution in [0, 0.1) is 17.8 Å². The molecule has 26 nitrogen and oxygen atoms in total. The van der Waals surface area contributed by atoms with Gasteiger partial charge in [0.25, 0.3) is 0 Å². The second-order valence-electron chi connectivity index (χ2n) is 18.7. The Morgan fingerprint density at radius 2 is 1.26 bits per heavy atom. The number of nitrogens with one attached hydrogen (secondary N) is 9. The van der Waals surface area contributed by atoms with Gasteiger partial charge < -0.3 is 74.1 Å². The topological polar surface area (TPSA) is 408 Å². The van der Waals surface area contributed by atoms with Gasteiger partial charge in [0.05, 0.1) is 38.0 Å². The lowest BCUT2D eigenvalue weighted by atomic mass is 10.0. The molecule has 0 bridgehead atoms. The maximum absolute atomic E-state index is 13.7. The summed E-state index contributed by atoms with van der Waals surface area (Å²) in [5, 5.41) is 39.3. The summed E-state index contributed by atoms with van der Waals surface area (Å²) in [4.78, 5) is 151. The zero-order chi connectivity index (χ0) is 53.0. The largest absolute Gasteiger partial charge is 0.480 e. The number of H-pyrrole nitrogens is 1. The minimum atomic E-state index is -1.79. The van der Waals surface area contributed by atoms with E-state index in [9.17, 15) is 63.0 Å². The number of aromatic amines is 1. The molecule has 1 saturated heterocycles. The van der Waals surface area contributed by atoms with Crippen LogP contribution >= 0.6 is 0 Å². The van der Waals surface area contributed by atoms with Gasteiger partial charge in [-0.1, -0.05) is 41.5 Å². The van der Waals surface area contributed by atoms with Crippen molar-refractivity contribution in [1.29, 1.82) is 0 Å². The van der Waals surface area contributed by atoms with E-state index >= 15 is 0 Å². The Morgan fingerprint density at radius 1 is 0.700 bits per heavy atom. The molecule has 0 saturated carbocycles. The predicted octanol–water partition coefficient (Wildman–Crippen LogP) is -4.09. The molecule has 2 rings (SSSR count). The quantitative estimate of drug-likeness (QED) is 0.0363. The number of carboxylic acid groups (broad SMARTS) is 1. The van der Waals surface area contributed by atoms with Gasteiger partial charge in [-0.2, -0.15) is 0 Å². The van der Waals surface area contributed by atoms with Crippen LogP contribution in [-0.4, -0.2) is 164 Å². The average Bonchev–Trinajstić information content (AvgIpc) is 3.97. The van der Waals surface area contributed by atoms with Gasteiger partial charge in [-0.3, -0.25) is 52.7 Å². The number of aliphatic carboxylic acids is 1. The summed E-state index contributed by atoms with van der Waals surface area (Å²) in [5.74, 6) is -9.80.